The van der Waals surface area contributed by atoms with Crippen LogP contribution in [-0.4, -0.2) is 25.5 Å². The molecule has 0 bridgehead atoms. The van der Waals surface area contributed by atoms with E-state index in [0.29, 0.717) is 21.7 Å². The van der Waals surface area contributed by atoms with Crippen molar-refractivity contribution in [3.8, 4) is 0 Å². The molecule has 2 heterocycles. The number of H-pyrrole nitrogens is 1. The first kappa shape index (κ1) is 16.3. The van der Waals surface area contributed by atoms with Crippen LogP contribution >= 0.6 is 11.6 Å². The number of aromatic nitrogens is 4. The molecule has 0 saturated heterocycles. The van der Waals surface area contributed by atoms with E-state index in [1.165, 1.54) is 4.52 Å². The van der Waals surface area contributed by atoms with E-state index in [4.69, 9.17) is 11.6 Å². The molecule has 0 radical (unpaired) electrons. The van der Waals surface area contributed by atoms with Crippen molar-refractivity contribution < 1.29 is 4.79 Å². The molecule has 7 nitrogen and oxygen atoms in total. The summed E-state index contributed by atoms with van der Waals surface area (Å²) in [7, 11) is 0. The molecular weight excluding hydrogens is 354 g/mol. The first-order valence-corrected chi connectivity index (χ1v) is 8.27. The number of benzene rings is 2. The number of carbonyl (C=O) groups excluding carboxylic acids is 1. The van der Waals surface area contributed by atoms with Crippen LogP contribution in [0, 0.1) is 13.8 Å². The second-order valence-corrected chi connectivity index (χ2v) is 6.47. The molecule has 130 valence electrons. The molecule has 26 heavy (non-hydrogen) atoms. The lowest BCUT2D eigenvalue weighted by Gasteiger charge is -2.04. The van der Waals surface area contributed by atoms with Crippen molar-refractivity contribution in [3.05, 3.63) is 68.7 Å². The summed E-state index contributed by atoms with van der Waals surface area (Å²) < 4.78 is 1.38. The van der Waals surface area contributed by atoms with Crippen LogP contribution in [0.15, 0.2) is 41.2 Å². The zero-order valence-electron chi connectivity index (χ0n) is 14.0. The topological polar surface area (TPSA) is 92.1 Å². The third kappa shape index (κ3) is 2.72. The van der Waals surface area contributed by atoms with Gasteiger partial charge < -0.3 is 10.3 Å². The van der Waals surface area contributed by atoms with Gasteiger partial charge >= 0.3 is 0 Å². The minimum atomic E-state index is -0.520. The van der Waals surface area contributed by atoms with Gasteiger partial charge in [0, 0.05) is 10.7 Å². The van der Waals surface area contributed by atoms with Gasteiger partial charge in [0.05, 0.1) is 11.0 Å². The Balaban J connectivity index is 1.78. The molecule has 2 N–H and O–H groups in total. The summed E-state index contributed by atoms with van der Waals surface area (Å²) in [6.45, 7) is 3.80. The van der Waals surface area contributed by atoms with E-state index in [2.05, 4.69) is 20.4 Å². The average Bonchev–Trinajstić information content (AvgIpc) is 3.04. The summed E-state index contributed by atoms with van der Waals surface area (Å²) in [6.07, 6.45) is 0. The second kappa shape index (κ2) is 5.96. The van der Waals surface area contributed by atoms with Gasteiger partial charge in [0.15, 0.2) is 0 Å². The molecule has 4 aromatic rings. The third-order valence-corrected chi connectivity index (χ3v) is 4.48. The van der Waals surface area contributed by atoms with Gasteiger partial charge in [0.2, 0.25) is 11.5 Å². The highest BCUT2D eigenvalue weighted by molar-refractivity contribution is 6.31. The number of fused-ring (bicyclic) bond motifs is 3. The summed E-state index contributed by atoms with van der Waals surface area (Å²) in [5.41, 5.74) is 3.38. The Morgan fingerprint density at radius 3 is 2.77 bits per heavy atom. The van der Waals surface area contributed by atoms with E-state index in [1.54, 1.807) is 18.2 Å². The lowest BCUT2D eigenvalue weighted by Crippen LogP contribution is -2.14. The predicted molar refractivity (Wildman–Crippen MR) is 100.0 cm³/mol. The van der Waals surface area contributed by atoms with Crippen molar-refractivity contribution in [2.24, 2.45) is 0 Å². The molecule has 4 rings (SSSR count). The number of aryl methyl sites for hydroxylation is 2. The Labute approximate surface area is 152 Å². The maximum absolute atomic E-state index is 12.5. The number of rotatable bonds is 2. The smallest absolute Gasteiger partial charge is 0.295 e. The Bertz CT molecular complexity index is 1240. The number of nitrogens with one attached hydrogen (secondary N) is 2. The van der Waals surface area contributed by atoms with E-state index in [-0.39, 0.29) is 11.5 Å². The summed E-state index contributed by atoms with van der Waals surface area (Å²) in [4.78, 5) is 31.6. The lowest BCUT2D eigenvalue weighted by molar-refractivity contribution is 0.101. The standard InChI is InChI=1S/C18H14ClN5O2/c1-9-3-6-14-13(7-9)21-18(26)16-22-15(23-24(14)16)17(25)20-11-5-4-10(2)12(19)8-11/h3-8H,1-2H3,(H,20,25)(H,21,26). The van der Waals surface area contributed by atoms with Gasteiger partial charge in [-0.1, -0.05) is 23.7 Å². The highest BCUT2D eigenvalue weighted by Crippen LogP contribution is 2.20. The number of hydrogen-bond acceptors (Lipinski definition) is 4. The summed E-state index contributed by atoms with van der Waals surface area (Å²) in [6, 6.07) is 10.7. The predicted octanol–water partition coefficient (Wildman–Crippen LogP) is 3.09. The third-order valence-electron chi connectivity index (χ3n) is 4.07. The normalized spacial score (nSPS) is 11.2. The van der Waals surface area contributed by atoms with Crippen LogP contribution in [-0.2, 0) is 0 Å². The Hall–Kier alpha value is -3.19. The van der Waals surface area contributed by atoms with Gasteiger partial charge in [-0.15, -0.1) is 5.10 Å². The maximum Gasteiger partial charge on any atom is 0.295 e. The molecule has 0 aliphatic rings. The zero-order valence-corrected chi connectivity index (χ0v) is 14.8. The van der Waals surface area contributed by atoms with Crippen molar-refractivity contribution in [1.29, 1.82) is 0 Å². The monoisotopic (exact) mass is 367 g/mol. The van der Waals surface area contributed by atoms with E-state index in [9.17, 15) is 9.59 Å². The van der Waals surface area contributed by atoms with Crippen LogP contribution < -0.4 is 10.9 Å². The molecule has 8 heteroatoms. The van der Waals surface area contributed by atoms with E-state index in [1.807, 2.05) is 32.0 Å². The van der Waals surface area contributed by atoms with E-state index in [0.717, 1.165) is 11.1 Å². The molecule has 0 saturated carbocycles. The minimum Gasteiger partial charge on any atom is -0.319 e. The molecule has 2 aromatic carbocycles. The van der Waals surface area contributed by atoms with Gasteiger partial charge in [0.1, 0.15) is 0 Å². The highest BCUT2D eigenvalue weighted by Gasteiger charge is 2.17. The van der Waals surface area contributed by atoms with Crippen LogP contribution in [0.2, 0.25) is 5.02 Å². The fraction of sp³-hybridized carbons (Fsp3) is 0.111. The van der Waals surface area contributed by atoms with Gasteiger partial charge in [-0.25, -0.2) is 4.52 Å². The van der Waals surface area contributed by atoms with Gasteiger partial charge in [-0.3, -0.25) is 9.59 Å². The summed E-state index contributed by atoms with van der Waals surface area (Å²) in [5.74, 6) is -0.617. The van der Waals surface area contributed by atoms with Crippen LogP contribution in [0.3, 0.4) is 0 Å². The fourth-order valence-corrected chi connectivity index (χ4v) is 2.87. The molecule has 0 fully saturated rings. The van der Waals surface area contributed by atoms with Crippen LogP contribution in [0.25, 0.3) is 16.7 Å². The lowest BCUT2D eigenvalue weighted by atomic mass is 10.2. The quantitative estimate of drug-likeness (QED) is 0.569. The van der Waals surface area contributed by atoms with Gasteiger partial charge in [-0.2, -0.15) is 4.98 Å². The number of amides is 1. The highest BCUT2D eigenvalue weighted by atomic mass is 35.5. The fourth-order valence-electron chi connectivity index (χ4n) is 2.69. The number of aromatic amines is 1. The Morgan fingerprint density at radius 1 is 1.19 bits per heavy atom. The molecular formula is C18H14ClN5O2. The molecule has 2 aromatic heterocycles. The van der Waals surface area contributed by atoms with Crippen molar-refractivity contribution in [3.63, 3.8) is 0 Å². The van der Waals surface area contributed by atoms with Crippen molar-refractivity contribution in [1.82, 2.24) is 19.6 Å². The van der Waals surface area contributed by atoms with Crippen LogP contribution in [0.5, 0.6) is 0 Å². The number of hydrogen-bond donors (Lipinski definition) is 2. The van der Waals surface area contributed by atoms with E-state index < -0.39 is 11.5 Å². The molecule has 0 spiro atoms. The molecule has 0 aliphatic heterocycles. The van der Waals surface area contributed by atoms with Crippen molar-refractivity contribution >= 4 is 39.9 Å². The first-order chi connectivity index (χ1) is 12.4. The second-order valence-electron chi connectivity index (χ2n) is 6.06. The number of anilines is 1. The number of nitrogens with zero attached hydrogens (tertiary/aromatic N) is 3. The SMILES string of the molecule is Cc1ccc2c(c1)[nH]c(=O)c1nc(C(=O)Nc3ccc(C)c(Cl)c3)nn12. The van der Waals surface area contributed by atoms with Gasteiger partial charge in [-0.05, 0) is 49.2 Å². The van der Waals surface area contributed by atoms with Crippen molar-refractivity contribution in [2.45, 2.75) is 13.8 Å². The Morgan fingerprint density at radius 2 is 2.00 bits per heavy atom. The summed E-state index contributed by atoms with van der Waals surface area (Å²) in [5, 5.41) is 7.44. The number of carbonyl (C=O) groups is 1. The maximum atomic E-state index is 12.5. The minimum absolute atomic E-state index is 0.0634. The largest absolute Gasteiger partial charge is 0.319 e. The van der Waals surface area contributed by atoms with E-state index >= 15 is 0 Å². The zero-order chi connectivity index (χ0) is 18.4. The molecule has 0 unspecified atom stereocenters. The molecule has 0 atom stereocenters. The van der Waals surface area contributed by atoms with Gasteiger partial charge in [0.25, 0.3) is 11.5 Å². The van der Waals surface area contributed by atoms with Crippen molar-refractivity contribution in [2.75, 3.05) is 5.32 Å². The average molecular weight is 368 g/mol. The molecule has 0 aliphatic carbocycles. The Kier molecular flexibility index (Phi) is 3.73. The molecule has 1 amide bonds. The first-order valence-electron chi connectivity index (χ1n) is 7.89. The number of halogens is 1. The van der Waals surface area contributed by atoms with Crippen LogP contribution in [0.4, 0.5) is 5.69 Å². The summed E-state index contributed by atoms with van der Waals surface area (Å²) >= 11 is 6.07. The van der Waals surface area contributed by atoms with Crippen LogP contribution in [0.1, 0.15) is 21.7 Å².